The van der Waals surface area contributed by atoms with Crippen molar-refractivity contribution in [3.05, 3.63) is 70.8 Å². The van der Waals surface area contributed by atoms with Crippen molar-refractivity contribution >= 4 is 5.96 Å². The SMILES string of the molecule is CN=C(NCc1ccc(F)c(CN(C)C)c1)NCC(c1ccc(F)cc1)N1CCOCC1. The summed E-state index contributed by atoms with van der Waals surface area (Å²) in [7, 11) is 5.56. The van der Waals surface area contributed by atoms with Crippen LogP contribution < -0.4 is 10.6 Å². The van der Waals surface area contributed by atoms with E-state index in [2.05, 4.69) is 20.5 Å². The molecule has 2 aromatic rings. The minimum Gasteiger partial charge on any atom is -0.379 e. The summed E-state index contributed by atoms with van der Waals surface area (Å²) in [5.74, 6) is 0.217. The predicted molar refractivity (Wildman–Crippen MR) is 124 cm³/mol. The fraction of sp³-hybridized carbons (Fsp3) is 0.458. The molecule has 2 N–H and O–H groups in total. The van der Waals surface area contributed by atoms with Gasteiger partial charge in [0, 0.05) is 45.3 Å². The Bertz CT molecular complexity index is 882. The molecule has 2 aromatic carbocycles. The number of aliphatic imine (C=N–C) groups is 1. The van der Waals surface area contributed by atoms with E-state index < -0.39 is 0 Å². The summed E-state index contributed by atoms with van der Waals surface area (Å²) < 4.78 is 33.0. The van der Waals surface area contributed by atoms with Gasteiger partial charge in [-0.25, -0.2) is 8.78 Å². The zero-order valence-corrected chi connectivity index (χ0v) is 19.1. The van der Waals surface area contributed by atoms with Crippen molar-refractivity contribution in [2.24, 2.45) is 4.99 Å². The van der Waals surface area contributed by atoms with Gasteiger partial charge in [0.1, 0.15) is 11.6 Å². The first-order chi connectivity index (χ1) is 15.5. The summed E-state index contributed by atoms with van der Waals surface area (Å²) in [5.41, 5.74) is 2.69. The third-order valence-electron chi connectivity index (χ3n) is 5.48. The second-order valence-electron chi connectivity index (χ2n) is 8.19. The fourth-order valence-electron chi connectivity index (χ4n) is 3.83. The Balaban J connectivity index is 1.62. The fourth-order valence-corrected chi connectivity index (χ4v) is 3.83. The van der Waals surface area contributed by atoms with Gasteiger partial charge in [-0.1, -0.05) is 18.2 Å². The maximum Gasteiger partial charge on any atom is 0.191 e. The van der Waals surface area contributed by atoms with Gasteiger partial charge in [0.05, 0.1) is 19.3 Å². The van der Waals surface area contributed by atoms with E-state index in [1.54, 1.807) is 13.1 Å². The van der Waals surface area contributed by atoms with E-state index in [-0.39, 0.29) is 17.7 Å². The van der Waals surface area contributed by atoms with E-state index in [0.717, 1.165) is 24.2 Å². The Hall–Kier alpha value is -2.55. The van der Waals surface area contributed by atoms with Crippen molar-refractivity contribution in [3.63, 3.8) is 0 Å². The molecule has 0 bridgehead atoms. The van der Waals surface area contributed by atoms with Gasteiger partial charge >= 0.3 is 0 Å². The number of ether oxygens (including phenoxy) is 1. The van der Waals surface area contributed by atoms with Crippen LogP contribution in [0.3, 0.4) is 0 Å². The monoisotopic (exact) mass is 445 g/mol. The molecule has 1 saturated heterocycles. The third kappa shape index (κ3) is 6.98. The van der Waals surface area contributed by atoms with Crippen LogP contribution in [0.4, 0.5) is 8.78 Å². The number of benzene rings is 2. The van der Waals surface area contributed by atoms with Crippen LogP contribution in [0.25, 0.3) is 0 Å². The van der Waals surface area contributed by atoms with Gasteiger partial charge in [-0.05, 0) is 49.5 Å². The van der Waals surface area contributed by atoms with Gasteiger partial charge in [-0.2, -0.15) is 0 Å². The van der Waals surface area contributed by atoms with Crippen molar-refractivity contribution in [3.8, 4) is 0 Å². The Morgan fingerprint density at radius 2 is 1.81 bits per heavy atom. The van der Waals surface area contributed by atoms with Gasteiger partial charge in [0.2, 0.25) is 0 Å². The van der Waals surface area contributed by atoms with Crippen LogP contribution in [0.1, 0.15) is 22.7 Å². The second-order valence-corrected chi connectivity index (χ2v) is 8.19. The average Bonchev–Trinajstić information content (AvgIpc) is 2.79. The standard InChI is InChI=1S/C24H33F2N5O/c1-27-24(28-15-18-4-9-22(26)20(14-18)17-30(2)3)29-16-23(31-10-12-32-13-11-31)19-5-7-21(25)8-6-19/h4-9,14,23H,10-13,15-17H2,1-3H3,(H2,27,28,29). The molecule has 0 aliphatic carbocycles. The summed E-state index contributed by atoms with van der Waals surface area (Å²) >= 11 is 0. The topological polar surface area (TPSA) is 52.1 Å². The van der Waals surface area contributed by atoms with E-state index >= 15 is 0 Å². The molecule has 1 heterocycles. The van der Waals surface area contributed by atoms with E-state index in [0.29, 0.717) is 44.4 Å². The Kier molecular flexibility index (Phi) is 8.96. The van der Waals surface area contributed by atoms with Crippen LogP contribution in [0, 0.1) is 11.6 Å². The van der Waals surface area contributed by atoms with Gasteiger partial charge in [-0.15, -0.1) is 0 Å². The van der Waals surface area contributed by atoms with Crippen LogP contribution in [0.15, 0.2) is 47.5 Å². The van der Waals surface area contributed by atoms with Crippen molar-refractivity contribution in [1.82, 2.24) is 20.4 Å². The molecular formula is C24H33F2N5O. The molecule has 1 atom stereocenters. The van der Waals surface area contributed by atoms with Crippen LogP contribution >= 0.6 is 0 Å². The molecule has 1 aliphatic heterocycles. The van der Waals surface area contributed by atoms with Gasteiger partial charge in [0.15, 0.2) is 5.96 Å². The zero-order chi connectivity index (χ0) is 22.9. The summed E-state index contributed by atoms with van der Waals surface area (Å²) in [6, 6.07) is 11.9. The van der Waals surface area contributed by atoms with Gasteiger partial charge in [0.25, 0.3) is 0 Å². The molecule has 32 heavy (non-hydrogen) atoms. The number of guanidine groups is 1. The molecule has 8 heteroatoms. The number of morpholine rings is 1. The molecule has 1 unspecified atom stereocenters. The number of rotatable bonds is 8. The maximum absolute atomic E-state index is 14.0. The molecule has 1 aliphatic rings. The molecule has 174 valence electrons. The minimum atomic E-state index is -0.243. The summed E-state index contributed by atoms with van der Waals surface area (Å²) in [4.78, 5) is 8.60. The second kappa shape index (κ2) is 11.9. The summed E-state index contributed by atoms with van der Waals surface area (Å²) in [6.45, 7) is 4.69. The predicted octanol–water partition coefficient (Wildman–Crippen LogP) is 2.76. The molecule has 3 rings (SSSR count). The molecular weight excluding hydrogens is 412 g/mol. The first-order valence-corrected chi connectivity index (χ1v) is 10.9. The Morgan fingerprint density at radius 3 is 2.47 bits per heavy atom. The highest BCUT2D eigenvalue weighted by Gasteiger charge is 2.23. The van der Waals surface area contributed by atoms with E-state index in [1.165, 1.54) is 18.2 Å². The zero-order valence-electron chi connectivity index (χ0n) is 19.1. The molecule has 0 aromatic heterocycles. The molecule has 6 nitrogen and oxygen atoms in total. The van der Waals surface area contributed by atoms with Crippen molar-refractivity contribution in [2.45, 2.75) is 19.1 Å². The van der Waals surface area contributed by atoms with Crippen molar-refractivity contribution in [2.75, 3.05) is 54.0 Å². The third-order valence-corrected chi connectivity index (χ3v) is 5.48. The number of hydrogen-bond donors (Lipinski definition) is 2. The molecule has 0 radical (unpaired) electrons. The first-order valence-electron chi connectivity index (χ1n) is 10.9. The smallest absolute Gasteiger partial charge is 0.191 e. The van der Waals surface area contributed by atoms with Crippen molar-refractivity contribution in [1.29, 1.82) is 0 Å². The Morgan fingerprint density at radius 1 is 1.09 bits per heavy atom. The molecule has 0 spiro atoms. The molecule has 0 saturated carbocycles. The lowest BCUT2D eigenvalue weighted by Gasteiger charge is -2.35. The minimum absolute atomic E-state index is 0.0653. The van der Waals surface area contributed by atoms with E-state index in [4.69, 9.17) is 4.74 Å². The van der Waals surface area contributed by atoms with Crippen LogP contribution in [-0.4, -0.2) is 69.8 Å². The largest absolute Gasteiger partial charge is 0.379 e. The Labute approximate surface area is 189 Å². The van der Waals surface area contributed by atoms with Crippen molar-refractivity contribution < 1.29 is 13.5 Å². The highest BCUT2D eigenvalue weighted by Crippen LogP contribution is 2.21. The van der Waals surface area contributed by atoms with Crippen LogP contribution in [0.5, 0.6) is 0 Å². The number of nitrogens with one attached hydrogen (secondary N) is 2. The van der Waals surface area contributed by atoms with Crippen LogP contribution in [0.2, 0.25) is 0 Å². The molecule has 1 fully saturated rings. The first kappa shape index (κ1) is 24.1. The lowest BCUT2D eigenvalue weighted by atomic mass is 10.0. The van der Waals surface area contributed by atoms with Gasteiger partial charge < -0.3 is 20.3 Å². The quantitative estimate of drug-likeness (QED) is 0.484. The maximum atomic E-state index is 14.0. The lowest BCUT2D eigenvalue weighted by molar-refractivity contribution is 0.0170. The average molecular weight is 446 g/mol. The van der Waals surface area contributed by atoms with Crippen LogP contribution in [-0.2, 0) is 17.8 Å². The normalized spacial score (nSPS) is 16.2. The lowest BCUT2D eigenvalue weighted by Crippen LogP contribution is -2.46. The van der Waals surface area contributed by atoms with E-state index in [9.17, 15) is 8.78 Å². The van der Waals surface area contributed by atoms with Gasteiger partial charge in [-0.3, -0.25) is 9.89 Å². The summed E-state index contributed by atoms with van der Waals surface area (Å²) in [5, 5.41) is 6.69. The highest BCUT2D eigenvalue weighted by molar-refractivity contribution is 5.79. The number of hydrogen-bond acceptors (Lipinski definition) is 4. The summed E-state index contributed by atoms with van der Waals surface area (Å²) in [6.07, 6.45) is 0. The van der Waals surface area contributed by atoms with E-state index in [1.807, 2.05) is 37.2 Å². The molecule has 0 amide bonds. The number of nitrogens with zero attached hydrogens (tertiary/aromatic N) is 3. The number of halogens is 2. The highest BCUT2D eigenvalue weighted by atomic mass is 19.1.